The Labute approximate surface area is 127 Å². The van der Waals surface area contributed by atoms with E-state index >= 15 is 0 Å². The minimum Gasteiger partial charge on any atom is -0.396 e. The van der Waals surface area contributed by atoms with Crippen molar-refractivity contribution in [2.24, 2.45) is 5.92 Å². The number of nitrogens with zero attached hydrogens (tertiary/aromatic N) is 1. The highest BCUT2D eigenvalue weighted by atomic mass is 16.3. The maximum Gasteiger partial charge on any atom is 0.226 e. The predicted octanol–water partition coefficient (Wildman–Crippen LogP) is 3.02. The third-order valence-corrected chi connectivity index (χ3v) is 4.24. The molecule has 1 amide bonds. The number of rotatable bonds is 4. The van der Waals surface area contributed by atoms with Gasteiger partial charge in [-0.25, -0.2) is 0 Å². The largest absolute Gasteiger partial charge is 0.396 e. The van der Waals surface area contributed by atoms with E-state index in [1.165, 1.54) is 5.56 Å². The van der Waals surface area contributed by atoms with E-state index in [4.69, 9.17) is 0 Å². The van der Waals surface area contributed by atoms with Crippen LogP contribution in [0, 0.1) is 12.8 Å². The Morgan fingerprint density at radius 3 is 2.71 bits per heavy atom. The van der Waals surface area contributed by atoms with Crippen LogP contribution in [0.15, 0.2) is 30.3 Å². The van der Waals surface area contributed by atoms with Gasteiger partial charge in [0, 0.05) is 25.6 Å². The summed E-state index contributed by atoms with van der Waals surface area (Å²) in [6.45, 7) is 5.02. The molecule has 1 fully saturated rings. The SMILES string of the molecule is Cc1ccc(/C=C/CC(=O)N2CC(CO)CCC2C)cc1. The van der Waals surface area contributed by atoms with E-state index in [0.29, 0.717) is 13.0 Å². The quantitative estimate of drug-likeness (QED) is 0.924. The van der Waals surface area contributed by atoms with Crippen molar-refractivity contribution in [1.82, 2.24) is 4.90 Å². The fourth-order valence-corrected chi connectivity index (χ4v) is 2.77. The van der Waals surface area contributed by atoms with E-state index < -0.39 is 0 Å². The molecule has 2 unspecified atom stereocenters. The first-order valence-electron chi connectivity index (χ1n) is 7.73. The van der Waals surface area contributed by atoms with E-state index in [-0.39, 0.29) is 24.5 Å². The highest BCUT2D eigenvalue weighted by Crippen LogP contribution is 2.22. The van der Waals surface area contributed by atoms with E-state index in [2.05, 4.69) is 38.1 Å². The molecule has 1 aliphatic heterocycles. The fraction of sp³-hybridized carbons (Fsp3) is 0.500. The Hall–Kier alpha value is -1.61. The molecule has 0 radical (unpaired) electrons. The normalized spacial score (nSPS) is 22.7. The molecule has 2 rings (SSSR count). The summed E-state index contributed by atoms with van der Waals surface area (Å²) in [5, 5.41) is 9.27. The standard InChI is InChI=1S/C18H25NO2/c1-14-6-9-16(10-7-14)4-3-5-18(21)19-12-17(13-20)11-8-15(19)2/h3-4,6-7,9-10,15,17,20H,5,8,11-13H2,1-2H3/b4-3+. The van der Waals surface area contributed by atoms with Gasteiger partial charge in [0.15, 0.2) is 0 Å². The number of hydrogen-bond donors (Lipinski definition) is 1. The lowest BCUT2D eigenvalue weighted by Crippen LogP contribution is -2.46. The molecule has 3 heteroatoms. The van der Waals surface area contributed by atoms with Gasteiger partial charge >= 0.3 is 0 Å². The second kappa shape index (κ2) is 7.41. The van der Waals surface area contributed by atoms with Crippen molar-refractivity contribution in [3.05, 3.63) is 41.5 Å². The second-order valence-corrected chi connectivity index (χ2v) is 6.04. The molecular weight excluding hydrogens is 262 g/mol. The molecule has 3 nitrogen and oxygen atoms in total. The number of aliphatic hydroxyl groups is 1. The zero-order valence-corrected chi connectivity index (χ0v) is 13.0. The Morgan fingerprint density at radius 1 is 1.33 bits per heavy atom. The van der Waals surface area contributed by atoms with Gasteiger partial charge in [-0.3, -0.25) is 4.79 Å². The Kier molecular flexibility index (Phi) is 5.57. The van der Waals surface area contributed by atoms with Gasteiger partial charge in [0.2, 0.25) is 5.91 Å². The molecule has 1 N–H and O–H groups in total. The van der Waals surface area contributed by atoms with Crippen molar-refractivity contribution >= 4 is 12.0 Å². The summed E-state index contributed by atoms with van der Waals surface area (Å²) >= 11 is 0. The van der Waals surface area contributed by atoms with Gasteiger partial charge in [0.05, 0.1) is 0 Å². The lowest BCUT2D eigenvalue weighted by Gasteiger charge is -2.37. The predicted molar refractivity (Wildman–Crippen MR) is 85.8 cm³/mol. The average Bonchev–Trinajstić information content (AvgIpc) is 2.49. The number of carbonyl (C=O) groups is 1. The van der Waals surface area contributed by atoms with Crippen LogP contribution < -0.4 is 0 Å². The second-order valence-electron chi connectivity index (χ2n) is 6.04. The molecule has 2 atom stereocenters. The maximum atomic E-state index is 12.3. The number of likely N-dealkylation sites (tertiary alicyclic amines) is 1. The minimum atomic E-state index is 0.156. The average molecular weight is 287 g/mol. The first-order valence-corrected chi connectivity index (χ1v) is 7.73. The third-order valence-electron chi connectivity index (χ3n) is 4.24. The molecule has 1 aliphatic rings. The molecule has 0 aliphatic carbocycles. The lowest BCUT2D eigenvalue weighted by molar-refractivity contribution is -0.135. The maximum absolute atomic E-state index is 12.3. The van der Waals surface area contributed by atoms with Gasteiger partial charge in [-0.1, -0.05) is 42.0 Å². The molecule has 0 saturated carbocycles. The first-order chi connectivity index (χ1) is 10.1. The summed E-state index contributed by atoms with van der Waals surface area (Å²) in [6, 6.07) is 8.54. The van der Waals surface area contributed by atoms with Crippen molar-refractivity contribution in [2.75, 3.05) is 13.2 Å². The topological polar surface area (TPSA) is 40.5 Å². The number of carbonyl (C=O) groups excluding carboxylic acids is 1. The zero-order chi connectivity index (χ0) is 15.2. The molecule has 1 aromatic rings. The van der Waals surface area contributed by atoms with Crippen molar-refractivity contribution in [1.29, 1.82) is 0 Å². The molecule has 1 heterocycles. The summed E-state index contributed by atoms with van der Waals surface area (Å²) in [7, 11) is 0. The van der Waals surface area contributed by atoms with E-state index in [1.807, 2.05) is 17.1 Å². The highest BCUT2D eigenvalue weighted by molar-refractivity contribution is 5.79. The van der Waals surface area contributed by atoms with Gasteiger partial charge in [0.1, 0.15) is 0 Å². The van der Waals surface area contributed by atoms with Crippen LogP contribution in [0.25, 0.3) is 6.08 Å². The minimum absolute atomic E-state index is 0.156. The lowest BCUT2D eigenvalue weighted by atomic mass is 9.94. The van der Waals surface area contributed by atoms with Crippen molar-refractivity contribution in [3.63, 3.8) is 0 Å². The van der Waals surface area contributed by atoms with Crippen LogP contribution >= 0.6 is 0 Å². The first kappa shape index (κ1) is 15.8. The number of aryl methyl sites for hydroxylation is 1. The molecule has 21 heavy (non-hydrogen) atoms. The Balaban J connectivity index is 1.89. The van der Waals surface area contributed by atoms with Gasteiger partial charge in [0.25, 0.3) is 0 Å². The highest BCUT2D eigenvalue weighted by Gasteiger charge is 2.27. The molecule has 1 aromatic carbocycles. The van der Waals surface area contributed by atoms with E-state index in [1.54, 1.807) is 0 Å². The number of benzene rings is 1. The molecule has 0 aromatic heterocycles. The molecular formula is C18H25NO2. The van der Waals surface area contributed by atoms with Crippen LogP contribution in [0.1, 0.15) is 37.3 Å². The van der Waals surface area contributed by atoms with Crippen molar-refractivity contribution in [3.8, 4) is 0 Å². The Bertz CT molecular complexity index is 492. The van der Waals surface area contributed by atoms with Crippen LogP contribution in [-0.4, -0.2) is 35.1 Å². The summed E-state index contributed by atoms with van der Waals surface area (Å²) in [5.41, 5.74) is 2.36. The summed E-state index contributed by atoms with van der Waals surface area (Å²) in [6.07, 6.45) is 6.35. The van der Waals surface area contributed by atoms with Crippen LogP contribution in [0.3, 0.4) is 0 Å². The van der Waals surface area contributed by atoms with E-state index in [9.17, 15) is 9.90 Å². The summed E-state index contributed by atoms with van der Waals surface area (Å²) < 4.78 is 0. The number of aliphatic hydroxyl groups excluding tert-OH is 1. The molecule has 0 spiro atoms. The third kappa shape index (κ3) is 4.43. The number of amides is 1. The number of piperidine rings is 1. The van der Waals surface area contributed by atoms with Crippen molar-refractivity contribution in [2.45, 2.75) is 39.2 Å². The van der Waals surface area contributed by atoms with Crippen molar-refractivity contribution < 1.29 is 9.90 Å². The van der Waals surface area contributed by atoms with Gasteiger partial charge < -0.3 is 10.0 Å². The van der Waals surface area contributed by atoms with Gasteiger partial charge in [-0.15, -0.1) is 0 Å². The smallest absolute Gasteiger partial charge is 0.226 e. The van der Waals surface area contributed by atoms with Crippen LogP contribution in [-0.2, 0) is 4.79 Å². The molecule has 1 saturated heterocycles. The van der Waals surface area contributed by atoms with Gasteiger partial charge in [-0.2, -0.15) is 0 Å². The Morgan fingerprint density at radius 2 is 2.05 bits per heavy atom. The number of hydrogen-bond acceptors (Lipinski definition) is 2. The summed E-state index contributed by atoms with van der Waals surface area (Å²) in [5.74, 6) is 0.398. The monoisotopic (exact) mass is 287 g/mol. The summed E-state index contributed by atoms with van der Waals surface area (Å²) in [4.78, 5) is 14.2. The van der Waals surface area contributed by atoms with Crippen LogP contribution in [0.2, 0.25) is 0 Å². The molecule has 0 bridgehead atoms. The molecule has 114 valence electrons. The van der Waals surface area contributed by atoms with Crippen LogP contribution in [0.4, 0.5) is 0 Å². The zero-order valence-electron chi connectivity index (χ0n) is 13.0. The van der Waals surface area contributed by atoms with Crippen LogP contribution in [0.5, 0.6) is 0 Å². The van der Waals surface area contributed by atoms with Gasteiger partial charge in [-0.05, 0) is 38.2 Å². The fourth-order valence-electron chi connectivity index (χ4n) is 2.77. The van der Waals surface area contributed by atoms with E-state index in [0.717, 1.165) is 18.4 Å².